The molecule has 20 heavy (non-hydrogen) atoms. The topological polar surface area (TPSA) is 31.2 Å². The van der Waals surface area contributed by atoms with Crippen LogP contribution < -0.4 is 37.7 Å². The molecule has 92 valence electrons. The summed E-state index contributed by atoms with van der Waals surface area (Å²) in [6, 6.07) is 15.3. The van der Waals surface area contributed by atoms with Gasteiger partial charge in [-0.3, -0.25) is 0 Å². The van der Waals surface area contributed by atoms with Crippen molar-refractivity contribution in [2.45, 2.75) is 13.5 Å². The molecule has 0 heterocycles. The van der Waals surface area contributed by atoms with Gasteiger partial charge in [0.25, 0.3) is 0 Å². The molecule has 0 spiro atoms. The second-order valence-electron chi connectivity index (χ2n) is 4.26. The van der Waals surface area contributed by atoms with Gasteiger partial charge in [0.1, 0.15) is 0 Å². The van der Waals surface area contributed by atoms with E-state index in [1.165, 1.54) is 5.56 Å². The Balaban J connectivity index is 0.00000180. The molecule has 0 N–H and O–H groups in total. The van der Waals surface area contributed by atoms with E-state index in [0.29, 0.717) is 12.1 Å². The number of nitrogens with zero attached hydrogens (tertiary/aromatic N) is 1. The fourth-order valence-electron chi connectivity index (χ4n) is 1.67. The van der Waals surface area contributed by atoms with E-state index in [9.17, 15) is 4.79 Å². The van der Waals surface area contributed by atoms with Gasteiger partial charge >= 0.3 is 37.7 Å². The normalized spacial score (nSPS) is 9.05. The minimum atomic E-state index is -0.207. The van der Waals surface area contributed by atoms with Crippen LogP contribution >= 0.6 is 0 Å². The van der Waals surface area contributed by atoms with Crippen molar-refractivity contribution in [3.05, 3.63) is 83.0 Å². The average molecular weight is 251 g/mol. The number of rotatable bonds is 3. The van der Waals surface area contributed by atoms with Crippen molar-refractivity contribution in [3.8, 4) is 0 Å². The first-order valence-corrected chi connectivity index (χ1v) is 5.85. The van der Waals surface area contributed by atoms with Gasteiger partial charge in [0.15, 0.2) is 0 Å². The van der Waals surface area contributed by atoms with Crippen molar-refractivity contribution in [2.75, 3.05) is 0 Å². The van der Waals surface area contributed by atoms with Crippen LogP contribution in [0.1, 0.15) is 27.0 Å². The Bertz CT molecular complexity index is 553. The zero-order valence-corrected chi connectivity index (χ0v) is 12.4. The molecule has 0 radical (unpaired) electrons. The van der Waals surface area contributed by atoms with E-state index in [1.807, 2.05) is 49.4 Å². The quantitative estimate of drug-likeness (QED) is 0.454. The Hall–Kier alpha value is -1.03. The number of amides is 1. The van der Waals surface area contributed by atoms with E-state index >= 15 is 0 Å². The Morgan fingerprint density at radius 2 is 1.65 bits per heavy atom. The maximum atomic E-state index is 11.9. The van der Waals surface area contributed by atoms with Crippen molar-refractivity contribution in [1.82, 2.24) is 0 Å². The fraction of sp³-hybridized carbons (Fsp3) is 0.125. The zero-order valence-electron chi connectivity index (χ0n) is 12.4. The van der Waals surface area contributed by atoms with Crippen molar-refractivity contribution in [3.63, 3.8) is 0 Å². The summed E-state index contributed by atoms with van der Waals surface area (Å²) >= 11 is 0. The Kier molecular flexibility index (Phi) is 8.55. The third kappa shape index (κ3) is 5.16. The second kappa shape index (κ2) is 9.01. The van der Waals surface area contributed by atoms with E-state index in [1.54, 1.807) is 6.07 Å². The van der Waals surface area contributed by atoms with Gasteiger partial charge in [-0.15, -0.1) is 24.2 Å². The van der Waals surface area contributed by atoms with Gasteiger partial charge in [0.2, 0.25) is 0 Å². The first-order valence-electron chi connectivity index (χ1n) is 5.85. The third-order valence-corrected chi connectivity index (χ3v) is 2.77. The summed E-state index contributed by atoms with van der Waals surface area (Å²) in [6.07, 6.45) is 0. The number of carbonyl (C=O) groups excluding carboxylic acids is 1. The molecule has 2 nitrogen and oxygen atoms in total. The van der Waals surface area contributed by atoms with Gasteiger partial charge in [-0.2, -0.15) is 18.6 Å². The molecule has 0 bridgehead atoms. The molecule has 0 saturated carbocycles. The van der Waals surface area contributed by atoms with Crippen LogP contribution in [0.4, 0.5) is 0 Å². The minimum absolute atomic E-state index is 0. The Morgan fingerprint density at radius 3 is 2.25 bits per heavy atom. The monoisotopic (exact) mass is 251 g/mol. The van der Waals surface area contributed by atoms with Gasteiger partial charge in [-0.1, -0.05) is 41.5 Å². The van der Waals surface area contributed by atoms with Gasteiger partial charge in [-0.25, -0.2) is 0 Å². The molecule has 0 aliphatic heterocycles. The third-order valence-electron chi connectivity index (χ3n) is 2.77. The minimum Gasteiger partial charge on any atom is -0.657 e. The molecule has 0 atom stereocenters. The second-order valence-corrected chi connectivity index (χ2v) is 4.26. The Labute approximate surface area is 144 Å². The molecule has 4 heteroatoms. The van der Waals surface area contributed by atoms with E-state index < -0.39 is 0 Å². The van der Waals surface area contributed by atoms with E-state index in [-0.39, 0.29) is 43.6 Å². The van der Waals surface area contributed by atoms with Gasteiger partial charge < -0.3 is 10.1 Å². The molecule has 1 amide bonds. The van der Waals surface area contributed by atoms with E-state index in [0.717, 1.165) is 11.1 Å². The summed E-state index contributed by atoms with van der Waals surface area (Å²) in [6.45, 7) is 6.27. The Morgan fingerprint density at radius 1 is 1.05 bits per heavy atom. The van der Waals surface area contributed by atoms with Crippen LogP contribution in [0, 0.1) is 13.8 Å². The van der Waals surface area contributed by atoms with Crippen molar-refractivity contribution < 1.29 is 42.5 Å². The molecule has 0 aliphatic carbocycles. The smallest absolute Gasteiger partial charge is 0.657 e. The van der Waals surface area contributed by atoms with Gasteiger partial charge in [0, 0.05) is 5.91 Å². The van der Waals surface area contributed by atoms with E-state index in [2.05, 4.69) is 12.2 Å². The van der Waals surface area contributed by atoms with Crippen LogP contribution in [0.15, 0.2) is 48.5 Å². The van der Waals surface area contributed by atoms with Crippen LogP contribution in [0.25, 0.3) is 5.32 Å². The molecule has 2 aromatic carbocycles. The molecule has 0 aliphatic rings. The SMILES string of the molecule is [CH2-]c1ccccc1C(=O)[N-]Cc1ccc(C)cc1.[Li+].[Li+]. The number of hydrogen-bond acceptors (Lipinski definition) is 1. The first kappa shape index (κ1) is 19.0. The number of carbonyl (C=O) groups is 1. The largest absolute Gasteiger partial charge is 1.00 e. The van der Waals surface area contributed by atoms with Crippen LogP contribution in [0.3, 0.4) is 0 Å². The van der Waals surface area contributed by atoms with Crippen molar-refractivity contribution in [2.24, 2.45) is 0 Å². The molecule has 2 rings (SSSR count). The predicted octanol–water partition coefficient (Wildman–Crippen LogP) is -2.10. The molecular formula is C16H15Li2NO. The van der Waals surface area contributed by atoms with Crippen molar-refractivity contribution >= 4 is 5.91 Å². The number of aryl methyl sites for hydroxylation is 1. The molecule has 0 aromatic heterocycles. The summed E-state index contributed by atoms with van der Waals surface area (Å²) < 4.78 is 0. The standard InChI is InChI=1S/C16H16NO.2Li/c1-12-7-9-14(10-8-12)11-17-16(18)15-6-4-3-5-13(15)2;;/h3-10H,2,11H2,1H3,(H,17,18);;/q-1;2*+1/p-1. The molecule has 2 aromatic rings. The van der Waals surface area contributed by atoms with E-state index in [4.69, 9.17) is 0 Å². The molecular weight excluding hydrogens is 236 g/mol. The van der Waals surface area contributed by atoms with Crippen LogP contribution in [0.5, 0.6) is 0 Å². The zero-order chi connectivity index (χ0) is 13.0. The van der Waals surface area contributed by atoms with Crippen LogP contribution in [0.2, 0.25) is 0 Å². The molecule has 0 saturated heterocycles. The summed E-state index contributed by atoms with van der Waals surface area (Å²) in [5, 5.41) is 4.08. The summed E-state index contributed by atoms with van der Waals surface area (Å²) in [7, 11) is 0. The summed E-state index contributed by atoms with van der Waals surface area (Å²) in [4.78, 5) is 11.9. The molecule has 0 fully saturated rings. The maximum Gasteiger partial charge on any atom is 1.00 e. The first-order chi connectivity index (χ1) is 8.66. The maximum absolute atomic E-state index is 11.9. The average Bonchev–Trinajstić information content (AvgIpc) is 2.38. The summed E-state index contributed by atoms with van der Waals surface area (Å²) in [5.41, 5.74) is 3.53. The number of benzene rings is 2. The van der Waals surface area contributed by atoms with Crippen LogP contribution in [-0.2, 0) is 6.54 Å². The summed E-state index contributed by atoms with van der Waals surface area (Å²) in [5.74, 6) is -0.207. The predicted molar refractivity (Wildman–Crippen MR) is 73.5 cm³/mol. The van der Waals surface area contributed by atoms with Crippen LogP contribution in [-0.4, -0.2) is 5.91 Å². The molecule has 0 unspecified atom stereocenters. The number of hydrogen-bond donors (Lipinski definition) is 0. The van der Waals surface area contributed by atoms with Gasteiger partial charge in [-0.05, 0) is 6.92 Å². The van der Waals surface area contributed by atoms with Crippen molar-refractivity contribution in [1.29, 1.82) is 0 Å². The van der Waals surface area contributed by atoms with Gasteiger partial charge in [0.05, 0.1) is 0 Å². The fourth-order valence-corrected chi connectivity index (χ4v) is 1.67.